The van der Waals surface area contributed by atoms with Gasteiger partial charge in [0.05, 0.1) is 5.69 Å². The van der Waals surface area contributed by atoms with Crippen LogP contribution in [0.25, 0.3) is 22.2 Å². The number of rotatable bonds is 1. The Morgan fingerprint density at radius 3 is 2.42 bits per heavy atom. The van der Waals surface area contributed by atoms with Gasteiger partial charge in [-0.1, -0.05) is 46.3 Å². The van der Waals surface area contributed by atoms with Gasteiger partial charge in [-0.3, -0.25) is 0 Å². The Morgan fingerprint density at radius 2 is 1.68 bits per heavy atom. The highest BCUT2D eigenvalue weighted by Crippen LogP contribution is 2.30. The van der Waals surface area contributed by atoms with Gasteiger partial charge in [0.15, 0.2) is 5.82 Å². The van der Waals surface area contributed by atoms with Crippen molar-refractivity contribution in [3.63, 3.8) is 0 Å². The second-order valence-corrected chi connectivity index (χ2v) is 4.99. The van der Waals surface area contributed by atoms with Crippen molar-refractivity contribution in [2.45, 2.75) is 0 Å². The minimum atomic E-state index is -0.659. The minimum Gasteiger partial charge on any atom is -0.245 e. The van der Waals surface area contributed by atoms with Gasteiger partial charge in [-0.05, 0) is 12.1 Å². The van der Waals surface area contributed by atoms with Crippen molar-refractivity contribution in [2.75, 3.05) is 0 Å². The molecule has 0 aliphatic rings. The molecule has 0 fully saturated rings. The largest absolute Gasteiger partial charge is 0.245 e. The molecule has 0 bridgehead atoms. The summed E-state index contributed by atoms with van der Waals surface area (Å²) >= 11 is 3.34. The van der Waals surface area contributed by atoms with E-state index in [9.17, 15) is 8.78 Å². The number of nitrogens with zero attached hydrogens (tertiary/aromatic N) is 1. The number of pyridine rings is 1. The summed E-state index contributed by atoms with van der Waals surface area (Å²) in [5.74, 6) is -1.27. The highest BCUT2D eigenvalue weighted by atomic mass is 79.9. The summed E-state index contributed by atoms with van der Waals surface area (Å²) in [6.07, 6.45) is 0. The lowest BCUT2D eigenvalue weighted by Crippen LogP contribution is -1.91. The topological polar surface area (TPSA) is 12.9 Å². The summed E-state index contributed by atoms with van der Waals surface area (Å²) < 4.78 is 27.6. The van der Waals surface area contributed by atoms with E-state index in [1.54, 1.807) is 6.07 Å². The number of hydrogen-bond acceptors (Lipinski definition) is 1. The van der Waals surface area contributed by atoms with Gasteiger partial charge in [0.1, 0.15) is 11.3 Å². The highest BCUT2D eigenvalue weighted by molar-refractivity contribution is 9.10. The monoisotopic (exact) mass is 319 g/mol. The molecule has 1 aromatic heterocycles. The first-order valence-corrected chi connectivity index (χ1v) is 6.45. The number of fused-ring (bicyclic) bond motifs is 1. The molecule has 94 valence electrons. The Balaban J connectivity index is 2.31. The molecule has 0 saturated heterocycles. The average Bonchev–Trinajstić information content (AvgIpc) is 2.41. The van der Waals surface area contributed by atoms with E-state index in [1.165, 1.54) is 6.07 Å². The average molecular weight is 320 g/mol. The van der Waals surface area contributed by atoms with E-state index in [0.717, 1.165) is 11.6 Å². The zero-order valence-electron chi connectivity index (χ0n) is 9.70. The normalized spacial score (nSPS) is 10.9. The molecular weight excluding hydrogens is 312 g/mol. The summed E-state index contributed by atoms with van der Waals surface area (Å²) in [5.41, 5.74) is 1.69. The second-order valence-electron chi connectivity index (χ2n) is 4.14. The SMILES string of the molecule is Fc1cc(F)c2nc(-c3ccccc3)cc(Br)c2c1. The first-order valence-electron chi connectivity index (χ1n) is 5.66. The third-order valence-corrected chi connectivity index (χ3v) is 3.51. The van der Waals surface area contributed by atoms with Crippen LogP contribution in [0.2, 0.25) is 0 Å². The van der Waals surface area contributed by atoms with Crippen molar-refractivity contribution in [2.24, 2.45) is 0 Å². The Morgan fingerprint density at radius 1 is 0.947 bits per heavy atom. The number of benzene rings is 2. The fourth-order valence-corrected chi connectivity index (χ4v) is 2.49. The quantitative estimate of drug-likeness (QED) is 0.619. The van der Waals surface area contributed by atoms with Gasteiger partial charge in [0.2, 0.25) is 0 Å². The van der Waals surface area contributed by atoms with Crippen molar-refractivity contribution >= 4 is 26.8 Å². The molecule has 0 N–H and O–H groups in total. The van der Waals surface area contributed by atoms with Crippen LogP contribution in [-0.2, 0) is 0 Å². The van der Waals surface area contributed by atoms with Crippen LogP contribution in [0.5, 0.6) is 0 Å². The highest BCUT2D eigenvalue weighted by Gasteiger charge is 2.11. The number of hydrogen-bond donors (Lipinski definition) is 0. The van der Waals surface area contributed by atoms with E-state index in [0.29, 0.717) is 15.6 Å². The maximum atomic E-state index is 13.8. The van der Waals surface area contributed by atoms with Crippen LogP contribution in [-0.4, -0.2) is 4.98 Å². The molecule has 0 radical (unpaired) electrons. The zero-order chi connectivity index (χ0) is 13.4. The minimum absolute atomic E-state index is 0.162. The molecule has 19 heavy (non-hydrogen) atoms. The van der Waals surface area contributed by atoms with Crippen molar-refractivity contribution in [1.82, 2.24) is 4.98 Å². The van der Waals surface area contributed by atoms with Gasteiger partial charge in [-0.25, -0.2) is 13.8 Å². The third-order valence-electron chi connectivity index (χ3n) is 2.85. The van der Waals surface area contributed by atoms with Gasteiger partial charge in [-0.15, -0.1) is 0 Å². The summed E-state index contributed by atoms with van der Waals surface area (Å²) in [4.78, 5) is 4.28. The molecule has 0 spiro atoms. The third kappa shape index (κ3) is 2.24. The molecule has 0 saturated carbocycles. The summed E-state index contributed by atoms with van der Waals surface area (Å²) in [6, 6.07) is 13.3. The summed E-state index contributed by atoms with van der Waals surface area (Å²) in [6.45, 7) is 0. The molecule has 1 nitrogen and oxygen atoms in total. The van der Waals surface area contributed by atoms with Crippen LogP contribution >= 0.6 is 15.9 Å². The summed E-state index contributed by atoms with van der Waals surface area (Å²) in [5, 5.41) is 0.428. The first kappa shape index (κ1) is 12.2. The molecule has 3 rings (SSSR count). The fourth-order valence-electron chi connectivity index (χ4n) is 1.97. The molecule has 0 atom stereocenters. The van der Waals surface area contributed by atoms with Gasteiger partial charge in [0, 0.05) is 21.5 Å². The van der Waals surface area contributed by atoms with Crippen LogP contribution in [0.4, 0.5) is 8.78 Å². The lowest BCUT2D eigenvalue weighted by atomic mass is 10.1. The van der Waals surface area contributed by atoms with E-state index < -0.39 is 11.6 Å². The Kier molecular flexibility index (Phi) is 3.03. The molecule has 4 heteroatoms. The fraction of sp³-hybridized carbons (Fsp3) is 0. The molecule has 0 unspecified atom stereocenters. The van der Waals surface area contributed by atoms with E-state index in [2.05, 4.69) is 20.9 Å². The molecule has 2 aromatic carbocycles. The van der Waals surface area contributed by atoms with Gasteiger partial charge >= 0.3 is 0 Å². The maximum Gasteiger partial charge on any atom is 0.152 e. The molecular formula is C15H8BrF2N. The smallest absolute Gasteiger partial charge is 0.152 e. The Hall–Kier alpha value is -1.81. The molecule has 0 aliphatic carbocycles. The zero-order valence-corrected chi connectivity index (χ0v) is 11.3. The van der Waals surface area contributed by atoms with Gasteiger partial charge in [0.25, 0.3) is 0 Å². The van der Waals surface area contributed by atoms with E-state index in [1.807, 2.05) is 30.3 Å². The lowest BCUT2D eigenvalue weighted by molar-refractivity contribution is 0.590. The van der Waals surface area contributed by atoms with Gasteiger partial charge < -0.3 is 0 Å². The van der Waals surface area contributed by atoms with Crippen LogP contribution < -0.4 is 0 Å². The standard InChI is InChI=1S/C15H8BrF2N/c16-12-8-14(9-4-2-1-3-5-9)19-15-11(12)6-10(17)7-13(15)18/h1-8H. The number of aromatic nitrogens is 1. The van der Waals surface area contributed by atoms with Crippen LogP contribution in [0.15, 0.2) is 53.0 Å². The molecule has 1 heterocycles. The Labute approximate surface area is 117 Å². The van der Waals surface area contributed by atoms with Crippen molar-refractivity contribution in [1.29, 1.82) is 0 Å². The van der Waals surface area contributed by atoms with Gasteiger partial charge in [-0.2, -0.15) is 0 Å². The molecule has 3 aromatic rings. The van der Waals surface area contributed by atoms with Crippen LogP contribution in [0.3, 0.4) is 0 Å². The van der Waals surface area contributed by atoms with E-state index in [4.69, 9.17) is 0 Å². The lowest BCUT2D eigenvalue weighted by Gasteiger charge is -2.06. The maximum absolute atomic E-state index is 13.8. The predicted molar refractivity (Wildman–Crippen MR) is 74.8 cm³/mol. The Bertz CT molecular complexity index is 757. The van der Waals surface area contributed by atoms with Crippen molar-refractivity contribution in [3.05, 3.63) is 64.6 Å². The van der Waals surface area contributed by atoms with Crippen LogP contribution in [0, 0.1) is 11.6 Å². The van der Waals surface area contributed by atoms with Crippen molar-refractivity contribution < 1.29 is 8.78 Å². The first-order chi connectivity index (χ1) is 9.15. The van der Waals surface area contributed by atoms with Crippen LogP contribution in [0.1, 0.15) is 0 Å². The summed E-state index contributed by atoms with van der Waals surface area (Å²) in [7, 11) is 0. The predicted octanol–water partition coefficient (Wildman–Crippen LogP) is 4.94. The van der Waals surface area contributed by atoms with Crippen molar-refractivity contribution in [3.8, 4) is 11.3 Å². The second kappa shape index (κ2) is 4.70. The molecule has 0 aliphatic heterocycles. The molecule has 0 amide bonds. The number of halogens is 3. The van der Waals surface area contributed by atoms with E-state index in [-0.39, 0.29) is 5.52 Å². The van der Waals surface area contributed by atoms with E-state index >= 15 is 0 Å².